The second-order valence-electron chi connectivity index (χ2n) is 12.9. The molecule has 2 aromatic carbocycles. The molecule has 4 aromatic rings. The summed E-state index contributed by atoms with van der Waals surface area (Å²) in [6, 6.07) is 16.2. The van der Waals surface area contributed by atoms with E-state index in [-0.39, 0.29) is 37.1 Å². The summed E-state index contributed by atoms with van der Waals surface area (Å²) < 4.78 is 13.0. The molecule has 6 rings (SSSR count). The number of nitrogens with one attached hydrogen (secondary N) is 3. The fourth-order valence-electron chi connectivity index (χ4n) is 6.45. The summed E-state index contributed by atoms with van der Waals surface area (Å²) in [4.78, 5) is 84.0. The van der Waals surface area contributed by atoms with Crippen molar-refractivity contribution in [2.24, 2.45) is 5.92 Å². The topological polar surface area (TPSA) is 195 Å². The Morgan fingerprint density at radius 3 is 2.45 bits per heavy atom. The molecule has 264 valence electrons. The minimum Gasteiger partial charge on any atom is -0.481 e. The van der Waals surface area contributed by atoms with Gasteiger partial charge < -0.3 is 35.1 Å². The average Bonchev–Trinajstić information content (AvgIpc) is 3.46. The summed E-state index contributed by atoms with van der Waals surface area (Å²) in [5.74, 6) is -4.46. The number of hydrogen-bond donors (Lipinski definition) is 4. The van der Waals surface area contributed by atoms with Crippen LogP contribution in [0.25, 0.3) is 22.3 Å². The van der Waals surface area contributed by atoms with Crippen LogP contribution in [0.3, 0.4) is 0 Å². The highest BCUT2D eigenvalue weighted by atomic mass is 16.6. The van der Waals surface area contributed by atoms with Gasteiger partial charge in [-0.25, -0.2) is 19.4 Å². The Labute approximate surface area is 292 Å². The lowest BCUT2D eigenvalue weighted by molar-refractivity contribution is -0.191. The van der Waals surface area contributed by atoms with Crippen LogP contribution in [-0.2, 0) is 47.4 Å². The third-order valence-corrected chi connectivity index (χ3v) is 9.18. The van der Waals surface area contributed by atoms with E-state index in [0.29, 0.717) is 17.1 Å². The van der Waals surface area contributed by atoms with E-state index in [0.717, 1.165) is 16.5 Å². The van der Waals surface area contributed by atoms with Crippen LogP contribution >= 0.6 is 0 Å². The van der Waals surface area contributed by atoms with E-state index in [1.54, 1.807) is 61.7 Å². The van der Waals surface area contributed by atoms with E-state index in [1.165, 1.54) is 0 Å². The third kappa shape index (κ3) is 6.76. The normalized spacial score (nSPS) is 17.0. The first-order chi connectivity index (χ1) is 24.4. The van der Waals surface area contributed by atoms with Gasteiger partial charge in [0.15, 0.2) is 0 Å². The zero-order valence-corrected chi connectivity index (χ0v) is 28.2. The van der Waals surface area contributed by atoms with Crippen LogP contribution < -0.4 is 21.5 Å². The second-order valence-corrected chi connectivity index (χ2v) is 12.9. The van der Waals surface area contributed by atoms with Crippen molar-refractivity contribution in [1.82, 2.24) is 20.2 Å². The van der Waals surface area contributed by atoms with Gasteiger partial charge in [-0.05, 0) is 49.1 Å². The van der Waals surface area contributed by atoms with Gasteiger partial charge in [-0.15, -0.1) is 0 Å². The number of aromatic nitrogens is 2. The standard InChI is InChI=1S/C37H37N5O9/c1-4-37(25-17-28-31-22(16-21-10-8-9-13-26(21)39-31)18-42(28)33(46)24(25)19-50-35(37)48)51-34(47)30(20(2)3)41-32(45)27(14-15-29(43)44)40-36(49)38-23-11-6-5-7-12-23/h5-13,16-17,20,27,30H,4,14-15,18-19H2,1-3H3,(H,41,45)(H,43,44)(H2,38,40,49)/t27?,30?,37-/m0/s1. The zero-order valence-electron chi connectivity index (χ0n) is 28.2. The Kier molecular flexibility index (Phi) is 9.59. The number of rotatable bonds is 11. The molecule has 2 unspecified atom stereocenters. The van der Waals surface area contributed by atoms with Crippen molar-refractivity contribution in [3.05, 3.63) is 93.8 Å². The van der Waals surface area contributed by atoms with E-state index in [9.17, 15) is 33.9 Å². The van der Waals surface area contributed by atoms with Crippen LogP contribution in [0, 0.1) is 5.92 Å². The highest BCUT2D eigenvalue weighted by Gasteiger charge is 2.51. The lowest BCUT2D eigenvalue weighted by atomic mass is 9.85. The molecule has 4 heterocycles. The number of carboxylic acids is 1. The number of carboxylic acid groups (broad SMARTS) is 1. The largest absolute Gasteiger partial charge is 0.481 e. The van der Waals surface area contributed by atoms with Crippen LogP contribution in [0.15, 0.2) is 71.5 Å². The molecular weight excluding hydrogens is 658 g/mol. The van der Waals surface area contributed by atoms with Gasteiger partial charge in [0, 0.05) is 28.6 Å². The summed E-state index contributed by atoms with van der Waals surface area (Å²) in [6.45, 7) is 4.86. The van der Waals surface area contributed by atoms with Gasteiger partial charge in [0.2, 0.25) is 11.5 Å². The molecule has 51 heavy (non-hydrogen) atoms. The Hall–Kier alpha value is -6.05. The predicted octanol–water partition coefficient (Wildman–Crippen LogP) is 3.83. The Morgan fingerprint density at radius 2 is 1.75 bits per heavy atom. The first-order valence-corrected chi connectivity index (χ1v) is 16.6. The molecule has 0 aliphatic carbocycles. The van der Waals surface area contributed by atoms with Crippen LogP contribution in [0.1, 0.15) is 56.7 Å². The van der Waals surface area contributed by atoms with Crippen LogP contribution in [0.2, 0.25) is 0 Å². The van der Waals surface area contributed by atoms with Crippen LogP contribution in [0.4, 0.5) is 10.5 Å². The molecule has 3 atom stereocenters. The number of nitrogens with zero attached hydrogens (tertiary/aromatic N) is 2. The Morgan fingerprint density at radius 1 is 1.02 bits per heavy atom. The number of fused-ring (bicyclic) bond motifs is 5. The van der Waals surface area contributed by atoms with Gasteiger partial charge in [0.25, 0.3) is 5.56 Å². The molecule has 2 aliphatic rings. The van der Waals surface area contributed by atoms with Crippen molar-refractivity contribution in [1.29, 1.82) is 0 Å². The van der Waals surface area contributed by atoms with Gasteiger partial charge in [-0.2, -0.15) is 0 Å². The summed E-state index contributed by atoms with van der Waals surface area (Å²) in [5, 5.41) is 17.8. The minimum absolute atomic E-state index is 0.0906. The maximum absolute atomic E-state index is 14.0. The van der Waals surface area contributed by atoms with E-state index in [2.05, 4.69) is 16.0 Å². The number of cyclic esters (lactones) is 1. The average molecular weight is 696 g/mol. The van der Waals surface area contributed by atoms with Crippen molar-refractivity contribution >= 4 is 46.4 Å². The molecular formula is C37H37N5O9. The molecule has 0 fully saturated rings. The van der Waals surface area contributed by atoms with Gasteiger partial charge in [-0.1, -0.05) is 57.2 Å². The quantitative estimate of drug-likeness (QED) is 0.148. The van der Waals surface area contributed by atoms with Gasteiger partial charge in [0.05, 0.1) is 29.0 Å². The Bertz CT molecular complexity index is 2110. The second kappa shape index (κ2) is 14.1. The smallest absolute Gasteiger partial charge is 0.355 e. The van der Waals surface area contributed by atoms with Crippen molar-refractivity contribution in [3.8, 4) is 11.4 Å². The number of amides is 3. The lowest BCUT2D eigenvalue weighted by Crippen LogP contribution is -2.56. The number of anilines is 1. The molecule has 0 spiro atoms. The summed E-state index contributed by atoms with van der Waals surface area (Å²) in [6.07, 6.45) is -0.815. The number of aliphatic carboxylic acids is 1. The molecule has 0 saturated carbocycles. The van der Waals surface area contributed by atoms with E-state index in [1.807, 2.05) is 30.3 Å². The number of carbonyl (C=O) groups is 5. The number of carbonyl (C=O) groups excluding carboxylic acids is 4. The third-order valence-electron chi connectivity index (χ3n) is 9.18. The fraction of sp³-hybridized carbons (Fsp3) is 0.324. The van der Waals surface area contributed by atoms with Crippen molar-refractivity contribution in [3.63, 3.8) is 0 Å². The molecule has 4 N–H and O–H groups in total. The lowest BCUT2D eigenvalue weighted by Gasteiger charge is -2.37. The summed E-state index contributed by atoms with van der Waals surface area (Å²) in [5.41, 5.74) is 0.966. The molecule has 0 bridgehead atoms. The summed E-state index contributed by atoms with van der Waals surface area (Å²) in [7, 11) is 0. The highest BCUT2D eigenvalue weighted by Crippen LogP contribution is 2.41. The van der Waals surface area contributed by atoms with Gasteiger partial charge >= 0.3 is 23.9 Å². The first kappa shape index (κ1) is 34.8. The molecule has 14 nitrogen and oxygen atoms in total. The number of pyridine rings is 2. The zero-order chi connectivity index (χ0) is 36.4. The first-order valence-electron chi connectivity index (χ1n) is 16.6. The van der Waals surface area contributed by atoms with Crippen LogP contribution in [-0.4, -0.2) is 56.6 Å². The molecule has 0 saturated heterocycles. The number of hydrogen-bond acceptors (Lipinski definition) is 9. The van der Waals surface area contributed by atoms with Crippen molar-refractivity contribution in [2.45, 2.75) is 70.9 Å². The van der Waals surface area contributed by atoms with Crippen molar-refractivity contribution in [2.75, 3.05) is 5.32 Å². The van der Waals surface area contributed by atoms with E-state index in [4.69, 9.17) is 14.5 Å². The number of ether oxygens (including phenoxy) is 2. The van der Waals surface area contributed by atoms with Crippen LogP contribution in [0.5, 0.6) is 0 Å². The molecule has 3 amide bonds. The maximum Gasteiger partial charge on any atom is 0.355 e. The number of esters is 2. The van der Waals surface area contributed by atoms with E-state index >= 15 is 0 Å². The molecule has 0 radical (unpaired) electrons. The summed E-state index contributed by atoms with van der Waals surface area (Å²) >= 11 is 0. The van der Waals surface area contributed by atoms with Gasteiger partial charge in [-0.3, -0.25) is 14.4 Å². The molecule has 14 heteroatoms. The maximum atomic E-state index is 14.0. The number of benzene rings is 2. The molecule has 2 aromatic heterocycles. The predicted molar refractivity (Wildman–Crippen MR) is 184 cm³/mol. The van der Waals surface area contributed by atoms with Gasteiger partial charge in [0.1, 0.15) is 18.7 Å². The molecule has 2 aliphatic heterocycles. The van der Waals surface area contributed by atoms with Crippen molar-refractivity contribution < 1.29 is 38.6 Å². The Balaban J connectivity index is 1.29. The fourth-order valence-corrected chi connectivity index (χ4v) is 6.45. The highest BCUT2D eigenvalue weighted by molar-refractivity contribution is 5.96. The number of urea groups is 1. The van der Waals surface area contributed by atoms with E-state index < -0.39 is 65.4 Å². The minimum atomic E-state index is -2.02. The monoisotopic (exact) mass is 695 g/mol. The SMILES string of the molecule is CC[C@@]1(OC(=O)C(NC(=O)C(CCC(=O)O)NC(=O)Nc2ccccc2)C(C)C)C(=O)OCc2c1cc1n(c2=O)Cc2cc3ccccc3nc2-1. The number of para-hydroxylation sites is 2.